The molecule has 2 heterocycles. The molecule has 2 N–H and O–H groups in total. The summed E-state index contributed by atoms with van der Waals surface area (Å²) in [6.07, 6.45) is 4.59. The Bertz CT molecular complexity index is 842. The Labute approximate surface area is 166 Å². The van der Waals surface area contributed by atoms with Crippen LogP contribution in [0.3, 0.4) is 0 Å². The highest BCUT2D eigenvalue weighted by molar-refractivity contribution is 5.77. The smallest absolute Gasteiger partial charge is 0.317 e. The van der Waals surface area contributed by atoms with Crippen LogP contribution in [0, 0.1) is 0 Å². The first-order valence-corrected chi connectivity index (χ1v) is 10.3. The summed E-state index contributed by atoms with van der Waals surface area (Å²) >= 11 is 0. The van der Waals surface area contributed by atoms with Crippen LogP contribution in [0.25, 0.3) is 10.9 Å². The summed E-state index contributed by atoms with van der Waals surface area (Å²) in [5.41, 5.74) is 0.618. The van der Waals surface area contributed by atoms with Crippen LogP contribution in [0.15, 0.2) is 29.1 Å². The van der Waals surface area contributed by atoms with Gasteiger partial charge in [0.2, 0.25) is 0 Å². The predicted molar refractivity (Wildman–Crippen MR) is 111 cm³/mol. The van der Waals surface area contributed by atoms with Crippen molar-refractivity contribution >= 4 is 16.9 Å². The van der Waals surface area contributed by atoms with Crippen LogP contribution in [0.1, 0.15) is 45.4 Å². The van der Waals surface area contributed by atoms with E-state index in [4.69, 9.17) is 0 Å². The van der Waals surface area contributed by atoms with Gasteiger partial charge in [-0.3, -0.25) is 9.69 Å². The lowest BCUT2D eigenvalue weighted by atomic mass is 10.1. The molecule has 1 aliphatic heterocycles. The minimum absolute atomic E-state index is 0.0286. The number of piperazine rings is 1. The number of nitrogens with zero attached hydrogens (tertiary/aromatic N) is 3. The number of hydrogen-bond acceptors (Lipinski definition) is 4. The SMILES string of the molecule is CCCCCC(C)NC(=O)N1CCN(Cc2nc3ccccc3c(=O)[nH]2)CC1. The van der Waals surface area contributed by atoms with E-state index in [9.17, 15) is 9.59 Å². The van der Waals surface area contributed by atoms with Crippen LogP contribution in [0.2, 0.25) is 0 Å². The molecule has 1 aliphatic rings. The highest BCUT2D eigenvalue weighted by Crippen LogP contribution is 2.10. The van der Waals surface area contributed by atoms with Crippen molar-refractivity contribution in [3.05, 3.63) is 40.4 Å². The standard InChI is InChI=1S/C21H31N5O2/c1-3-4-5-8-16(2)22-21(28)26-13-11-25(12-14-26)15-19-23-18-10-7-6-9-17(18)20(27)24-19/h6-7,9-10,16H,3-5,8,11-15H2,1-2H3,(H,22,28)(H,23,24,27). The maximum Gasteiger partial charge on any atom is 0.317 e. The Morgan fingerprint density at radius 2 is 1.96 bits per heavy atom. The molecule has 28 heavy (non-hydrogen) atoms. The number of H-pyrrole nitrogens is 1. The van der Waals surface area contributed by atoms with Crippen LogP contribution in [0.4, 0.5) is 4.79 Å². The largest absolute Gasteiger partial charge is 0.336 e. The van der Waals surface area contributed by atoms with Crippen LogP contribution in [-0.2, 0) is 6.54 Å². The zero-order valence-electron chi connectivity index (χ0n) is 16.9. The first kappa shape index (κ1) is 20.3. The quantitative estimate of drug-likeness (QED) is 0.718. The second-order valence-corrected chi connectivity index (χ2v) is 7.64. The number of nitrogens with one attached hydrogen (secondary N) is 2. The van der Waals surface area contributed by atoms with Gasteiger partial charge in [0.1, 0.15) is 5.82 Å². The lowest BCUT2D eigenvalue weighted by Crippen LogP contribution is -2.53. The molecule has 1 aromatic heterocycles. The fourth-order valence-electron chi connectivity index (χ4n) is 3.61. The number of aromatic amines is 1. The van der Waals surface area contributed by atoms with Crippen LogP contribution in [0.5, 0.6) is 0 Å². The van der Waals surface area contributed by atoms with E-state index >= 15 is 0 Å². The van der Waals surface area contributed by atoms with E-state index in [1.165, 1.54) is 12.8 Å². The van der Waals surface area contributed by atoms with Crippen LogP contribution in [-0.4, -0.2) is 58.0 Å². The van der Waals surface area contributed by atoms with Crippen molar-refractivity contribution in [1.29, 1.82) is 0 Å². The van der Waals surface area contributed by atoms with E-state index in [2.05, 4.69) is 34.0 Å². The Morgan fingerprint density at radius 3 is 2.71 bits per heavy atom. The third kappa shape index (κ3) is 5.32. The molecule has 1 aromatic carbocycles. The van der Waals surface area contributed by atoms with Crippen molar-refractivity contribution in [1.82, 2.24) is 25.1 Å². The molecule has 1 saturated heterocycles. The predicted octanol–water partition coefficient (Wildman–Crippen LogP) is 2.72. The molecule has 2 amide bonds. The van der Waals surface area contributed by atoms with Gasteiger partial charge in [0.05, 0.1) is 17.4 Å². The van der Waals surface area contributed by atoms with E-state index in [0.29, 0.717) is 30.8 Å². The van der Waals surface area contributed by atoms with Crippen molar-refractivity contribution in [3.63, 3.8) is 0 Å². The molecule has 152 valence electrons. The number of carbonyl (C=O) groups is 1. The van der Waals surface area contributed by atoms with Crippen molar-refractivity contribution in [2.75, 3.05) is 26.2 Å². The van der Waals surface area contributed by atoms with Crippen LogP contribution < -0.4 is 10.9 Å². The highest BCUT2D eigenvalue weighted by atomic mass is 16.2. The van der Waals surface area contributed by atoms with Gasteiger partial charge < -0.3 is 15.2 Å². The molecule has 0 aliphatic carbocycles. The Hall–Kier alpha value is -2.41. The van der Waals surface area contributed by atoms with E-state index in [0.717, 1.165) is 31.4 Å². The molecule has 3 rings (SSSR count). The number of hydrogen-bond donors (Lipinski definition) is 2. The monoisotopic (exact) mass is 385 g/mol. The summed E-state index contributed by atoms with van der Waals surface area (Å²) in [5, 5.41) is 3.72. The molecular weight excluding hydrogens is 354 g/mol. The first-order chi connectivity index (χ1) is 13.6. The maximum atomic E-state index is 12.4. The topological polar surface area (TPSA) is 81.3 Å². The van der Waals surface area contributed by atoms with Gasteiger partial charge in [-0.1, -0.05) is 38.3 Å². The minimum Gasteiger partial charge on any atom is -0.336 e. The third-order valence-corrected chi connectivity index (χ3v) is 5.31. The summed E-state index contributed by atoms with van der Waals surface area (Å²) in [7, 11) is 0. The van der Waals surface area contributed by atoms with Gasteiger partial charge in [-0.2, -0.15) is 0 Å². The molecule has 0 saturated carbocycles. The fourth-order valence-corrected chi connectivity index (χ4v) is 3.61. The molecule has 0 spiro atoms. The van der Waals surface area contributed by atoms with Crippen molar-refractivity contribution < 1.29 is 4.79 Å². The molecule has 1 fully saturated rings. The molecule has 1 atom stereocenters. The van der Waals surface area contributed by atoms with E-state index in [1.807, 2.05) is 23.1 Å². The van der Waals surface area contributed by atoms with E-state index < -0.39 is 0 Å². The molecule has 0 bridgehead atoms. The van der Waals surface area contributed by atoms with Gasteiger partial charge >= 0.3 is 6.03 Å². The molecular formula is C21H31N5O2. The zero-order chi connectivity index (χ0) is 19.9. The van der Waals surface area contributed by atoms with Gasteiger partial charge in [0.15, 0.2) is 0 Å². The number of urea groups is 1. The fraction of sp³-hybridized carbons (Fsp3) is 0.571. The minimum atomic E-state index is -0.101. The van der Waals surface area contributed by atoms with Gasteiger partial charge in [-0.05, 0) is 25.5 Å². The van der Waals surface area contributed by atoms with Crippen LogP contribution >= 0.6 is 0 Å². The zero-order valence-corrected chi connectivity index (χ0v) is 16.9. The van der Waals surface area contributed by atoms with Gasteiger partial charge in [-0.25, -0.2) is 9.78 Å². The number of amides is 2. The Morgan fingerprint density at radius 1 is 1.21 bits per heavy atom. The molecule has 2 aromatic rings. The van der Waals surface area contributed by atoms with Gasteiger partial charge in [0, 0.05) is 32.2 Å². The van der Waals surface area contributed by atoms with Crippen molar-refractivity contribution in [3.8, 4) is 0 Å². The highest BCUT2D eigenvalue weighted by Gasteiger charge is 2.22. The first-order valence-electron chi connectivity index (χ1n) is 10.3. The number of rotatable bonds is 7. The summed E-state index contributed by atoms with van der Waals surface area (Å²) < 4.78 is 0. The normalized spacial score (nSPS) is 16.3. The third-order valence-electron chi connectivity index (χ3n) is 5.31. The lowest BCUT2D eigenvalue weighted by Gasteiger charge is -2.35. The second-order valence-electron chi connectivity index (χ2n) is 7.64. The molecule has 1 unspecified atom stereocenters. The van der Waals surface area contributed by atoms with Gasteiger partial charge in [-0.15, -0.1) is 0 Å². The number of para-hydroxylation sites is 1. The van der Waals surface area contributed by atoms with E-state index in [-0.39, 0.29) is 17.6 Å². The Balaban J connectivity index is 1.49. The number of fused-ring (bicyclic) bond motifs is 1. The average Bonchev–Trinajstić information content (AvgIpc) is 2.69. The Kier molecular flexibility index (Phi) is 7.03. The number of aromatic nitrogens is 2. The summed E-state index contributed by atoms with van der Waals surface area (Å²) in [6.45, 7) is 7.76. The maximum absolute atomic E-state index is 12.4. The molecule has 7 nitrogen and oxygen atoms in total. The summed E-state index contributed by atoms with van der Waals surface area (Å²) in [5.74, 6) is 0.672. The number of benzene rings is 1. The van der Waals surface area contributed by atoms with E-state index in [1.54, 1.807) is 6.07 Å². The van der Waals surface area contributed by atoms with Gasteiger partial charge in [0.25, 0.3) is 5.56 Å². The number of unbranched alkanes of at least 4 members (excludes halogenated alkanes) is 2. The average molecular weight is 386 g/mol. The molecule has 7 heteroatoms. The second kappa shape index (κ2) is 9.68. The molecule has 0 radical (unpaired) electrons. The lowest BCUT2D eigenvalue weighted by molar-refractivity contribution is 0.131. The summed E-state index contributed by atoms with van der Waals surface area (Å²) in [4.78, 5) is 36.2. The van der Waals surface area contributed by atoms with Crippen molar-refractivity contribution in [2.45, 2.75) is 52.1 Å². The van der Waals surface area contributed by atoms with Crippen molar-refractivity contribution in [2.24, 2.45) is 0 Å². The summed E-state index contributed by atoms with van der Waals surface area (Å²) in [6, 6.07) is 7.61. The number of carbonyl (C=O) groups excluding carboxylic acids is 1.